The van der Waals surface area contributed by atoms with Gasteiger partial charge >= 0.3 is 11.9 Å². The Morgan fingerprint density at radius 3 is 2.38 bits per heavy atom. The van der Waals surface area contributed by atoms with Crippen molar-refractivity contribution in [3.05, 3.63) is 47.0 Å². The van der Waals surface area contributed by atoms with Crippen LogP contribution in [-0.4, -0.2) is 51.8 Å². The largest absolute Gasteiger partial charge is 0.478 e. The summed E-state index contributed by atoms with van der Waals surface area (Å²) >= 11 is 0. The van der Waals surface area contributed by atoms with E-state index in [9.17, 15) is 29.1 Å². The number of ether oxygens (including phenoxy) is 1. The number of carbonyl (C=O) groups excluding carboxylic acids is 4. The third-order valence-corrected chi connectivity index (χ3v) is 11.2. The fraction of sp³-hybridized carbons (Fsp3) is 0.606. The molecule has 3 N–H and O–H groups in total. The van der Waals surface area contributed by atoms with Crippen molar-refractivity contribution in [1.29, 1.82) is 0 Å². The minimum Gasteiger partial charge on any atom is -0.478 e. The lowest BCUT2D eigenvalue weighted by atomic mass is 9.46. The third-order valence-electron chi connectivity index (χ3n) is 11.2. The lowest BCUT2D eigenvalue weighted by molar-refractivity contribution is -0.170. The van der Waals surface area contributed by atoms with Crippen molar-refractivity contribution in [3.63, 3.8) is 0 Å². The van der Waals surface area contributed by atoms with Gasteiger partial charge in [-0.1, -0.05) is 31.6 Å². The van der Waals surface area contributed by atoms with Crippen LogP contribution in [0.1, 0.15) is 94.0 Å². The van der Waals surface area contributed by atoms with Crippen molar-refractivity contribution in [2.45, 2.75) is 90.2 Å². The van der Waals surface area contributed by atoms with Crippen LogP contribution in [0.25, 0.3) is 0 Å². The Morgan fingerprint density at radius 1 is 0.952 bits per heavy atom. The van der Waals surface area contributed by atoms with Gasteiger partial charge in [-0.05, 0) is 91.9 Å². The summed E-state index contributed by atoms with van der Waals surface area (Å²) in [4.78, 5) is 61.0. The molecule has 9 nitrogen and oxygen atoms in total. The molecule has 0 saturated heterocycles. The molecule has 0 aliphatic heterocycles. The Hall–Kier alpha value is -3.33. The number of carbonyl (C=O) groups is 5. The molecule has 4 aliphatic rings. The van der Waals surface area contributed by atoms with E-state index in [-0.39, 0.29) is 48.0 Å². The van der Waals surface area contributed by atoms with Gasteiger partial charge in [-0.15, -0.1) is 0 Å². The van der Waals surface area contributed by atoms with E-state index in [4.69, 9.17) is 9.84 Å². The standard InChI is InChI=1S/C33H41NO8/c1-31-14-11-23(35)17-22(31)7-8-24-25(31)12-15-32(2)26(24)13-16-33(32,41)27(36)19-42-29(38)10-9-28(37)34-18-20-3-5-21(6-4-20)30(39)40/h3-6,17,24-26,41H,7-16,18-19H2,1-2H3,(H,34,37)(H,39,40)/t24-,25-,26-,31+,32+,33+/m1/s1. The van der Waals surface area contributed by atoms with E-state index in [1.54, 1.807) is 12.1 Å². The maximum absolute atomic E-state index is 13.4. The number of Topliss-reactive ketones (excluding diaryl/α,β-unsaturated/α-hetero) is 1. The van der Waals surface area contributed by atoms with Gasteiger partial charge in [0, 0.05) is 24.8 Å². The van der Waals surface area contributed by atoms with Gasteiger partial charge in [-0.3, -0.25) is 19.2 Å². The number of hydrogen-bond donors (Lipinski definition) is 3. The molecule has 226 valence electrons. The van der Waals surface area contributed by atoms with Crippen LogP contribution in [0.5, 0.6) is 0 Å². The highest BCUT2D eigenvalue weighted by molar-refractivity contribution is 5.92. The molecule has 0 unspecified atom stereocenters. The molecule has 0 aromatic heterocycles. The maximum atomic E-state index is 13.4. The maximum Gasteiger partial charge on any atom is 0.335 e. The Morgan fingerprint density at radius 2 is 1.67 bits per heavy atom. The Balaban J connectivity index is 1.11. The van der Waals surface area contributed by atoms with Crippen LogP contribution in [0.3, 0.4) is 0 Å². The Bertz CT molecular complexity index is 1320. The number of esters is 1. The van der Waals surface area contributed by atoms with Gasteiger partial charge in [-0.2, -0.15) is 0 Å². The van der Waals surface area contributed by atoms with E-state index >= 15 is 0 Å². The number of carboxylic acid groups (broad SMARTS) is 1. The van der Waals surface area contributed by atoms with Gasteiger partial charge in [0.2, 0.25) is 11.7 Å². The number of aliphatic hydroxyl groups is 1. The van der Waals surface area contributed by atoms with Crippen LogP contribution < -0.4 is 5.32 Å². The van der Waals surface area contributed by atoms with Crippen LogP contribution in [0.15, 0.2) is 35.9 Å². The molecule has 0 radical (unpaired) electrons. The van der Waals surface area contributed by atoms with Crippen molar-refractivity contribution in [3.8, 4) is 0 Å². The van der Waals surface area contributed by atoms with Gasteiger partial charge < -0.3 is 20.3 Å². The summed E-state index contributed by atoms with van der Waals surface area (Å²) in [6.07, 6.45) is 7.59. The molecular weight excluding hydrogens is 538 g/mol. The topological polar surface area (TPSA) is 147 Å². The van der Waals surface area contributed by atoms with Crippen LogP contribution in [0, 0.1) is 28.6 Å². The summed E-state index contributed by atoms with van der Waals surface area (Å²) in [5.74, 6) is -1.31. The van der Waals surface area contributed by atoms with Gasteiger partial charge in [0.25, 0.3) is 0 Å². The molecule has 3 fully saturated rings. The molecule has 1 amide bonds. The molecule has 9 heteroatoms. The number of amides is 1. The average molecular weight is 580 g/mol. The quantitative estimate of drug-likeness (QED) is 0.370. The summed E-state index contributed by atoms with van der Waals surface area (Å²) in [6, 6.07) is 6.12. The first kappa shape index (κ1) is 30.1. The summed E-state index contributed by atoms with van der Waals surface area (Å²) in [5, 5.41) is 23.4. The van der Waals surface area contributed by atoms with E-state index in [1.807, 2.05) is 13.0 Å². The van der Waals surface area contributed by atoms with Gasteiger partial charge in [0.15, 0.2) is 12.4 Å². The van der Waals surface area contributed by atoms with E-state index in [1.165, 1.54) is 17.7 Å². The number of allylic oxidation sites excluding steroid dienone is 1. The highest BCUT2D eigenvalue weighted by Gasteiger charge is 2.66. The molecule has 1 aromatic rings. The number of benzene rings is 1. The zero-order chi connectivity index (χ0) is 30.3. The molecule has 5 rings (SSSR count). The number of ketones is 2. The SMILES string of the molecule is C[C@]12CCC(=O)C=C1CC[C@@H]1[C@H]2CC[C@@]2(C)[C@@H]1CC[C@]2(O)C(=O)COC(=O)CCC(=O)NCc1ccc(C(=O)O)cc1. The zero-order valence-electron chi connectivity index (χ0n) is 24.4. The molecule has 1 aromatic carbocycles. The minimum absolute atomic E-state index is 0.00959. The van der Waals surface area contributed by atoms with Crippen LogP contribution in [0.4, 0.5) is 0 Å². The molecule has 4 aliphatic carbocycles. The highest BCUT2D eigenvalue weighted by atomic mass is 16.5. The first-order valence-corrected chi connectivity index (χ1v) is 15.1. The predicted molar refractivity (Wildman–Crippen MR) is 152 cm³/mol. The normalized spacial score (nSPS) is 33.5. The zero-order valence-corrected chi connectivity index (χ0v) is 24.4. The average Bonchev–Trinajstić information content (AvgIpc) is 3.25. The lowest BCUT2D eigenvalue weighted by Crippen LogP contribution is -2.58. The second-order valence-electron chi connectivity index (χ2n) is 13.2. The molecular formula is C33H41NO8. The Labute approximate surface area is 246 Å². The molecule has 3 saturated carbocycles. The molecule has 6 atom stereocenters. The van der Waals surface area contributed by atoms with E-state index in [2.05, 4.69) is 12.2 Å². The lowest BCUT2D eigenvalue weighted by Gasteiger charge is -2.58. The van der Waals surface area contributed by atoms with Crippen molar-refractivity contribution >= 4 is 29.4 Å². The number of aromatic carboxylic acids is 1. The monoisotopic (exact) mass is 579 g/mol. The van der Waals surface area contributed by atoms with Crippen molar-refractivity contribution in [2.24, 2.45) is 28.6 Å². The minimum atomic E-state index is -1.56. The third kappa shape index (κ3) is 5.32. The van der Waals surface area contributed by atoms with Crippen LogP contribution >= 0.6 is 0 Å². The smallest absolute Gasteiger partial charge is 0.335 e. The number of rotatable bonds is 9. The number of fused-ring (bicyclic) bond motifs is 5. The summed E-state index contributed by atoms with van der Waals surface area (Å²) in [7, 11) is 0. The Kier molecular flexibility index (Phi) is 8.18. The van der Waals surface area contributed by atoms with Gasteiger partial charge in [-0.25, -0.2) is 4.79 Å². The van der Waals surface area contributed by atoms with E-state index < -0.39 is 35.3 Å². The molecule has 0 spiro atoms. The summed E-state index contributed by atoms with van der Waals surface area (Å²) < 4.78 is 5.23. The highest BCUT2D eigenvalue weighted by Crippen LogP contribution is 2.67. The van der Waals surface area contributed by atoms with Crippen molar-refractivity contribution in [1.82, 2.24) is 5.32 Å². The second-order valence-corrected chi connectivity index (χ2v) is 13.2. The van der Waals surface area contributed by atoms with Crippen LogP contribution in [-0.2, 0) is 30.5 Å². The molecule has 42 heavy (non-hydrogen) atoms. The second kappa shape index (κ2) is 11.4. The summed E-state index contributed by atoms with van der Waals surface area (Å²) in [6.45, 7) is 4.00. The van der Waals surface area contributed by atoms with E-state index in [0.717, 1.165) is 37.7 Å². The predicted octanol–water partition coefficient (Wildman–Crippen LogP) is 4.16. The van der Waals surface area contributed by atoms with Gasteiger partial charge in [0.05, 0.1) is 12.0 Å². The summed E-state index contributed by atoms with van der Waals surface area (Å²) in [5.41, 5.74) is 0.0103. The number of carboxylic acids is 1. The molecule has 0 heterocycles. The molecule has 0 bridgehead atoms. The number of nitrogens with one attached hydrogen (secondary N) is 1. The van der Waals surface area contributed by atoms with E-state index in [0.29, 0.717) is 31.1 Å². The van der Waals surface area contributed by atoms with Gasteiger partial charge in [0.1, 0.15) is 5.60 Å². The fourth-order valence-corrected chi connectivity index (χ4v) is 8.64. The van der Waals surface area contributed by atoms with Crippen LogP contribution in [0.2, 0.25) is 0 Å². The first-order chi connectivity index (χ1) is 19.9. The first-order valence-electron chi connectivity index (χ1n) is 15.1. The van der Waals surface area contributed by atoms with Crippen molar-refractivity contribution < 1.29 is 38.9 Å². The number of hydrogen-bond acceptors (Lipinski definition) is 7. The van der Waals surface area contributed by atoms with Crippen molar-refractivity contribution in [2.75, 3.05) is 6.61 Å². The fourth-order valence-electron chi connectivity index (χ4n) is 8.64.